The molecule has 1 aliphatic rings. The van der Waals surface area contributed by atoms with Crippen LogP contribution in [0.5, 0.6) is 0 Å². The number of nitrogens with one attached hydrogen (secondary N) is 1. The predicted molar refractivity (Wildman–Crippen MR) is 111 cm³/mol. The smallest absolute Gasteiger partial charge is 0.355 e. The normalized spacial score (nSPS) is 16.4. The van der Waals surface area contributed by atoms with Gasteiger partial charge in [-0.25, -0.2) is 4.98 Å². The molecule has 1 unspecified atom stereocenters. The van der Waals surface area contributed by atoms with E-state index in [-0.39, 0.29) is 31.2 Å². The van der Waals surface area contributed by atoms with E-state index in [0.717, 1.165) is 23.9 Å². The third-order valence-electron chi connectivity index (χ3n) is 5.07. The van der Waals surface area contributed by atoms with Gasteiger partial charge in [-0.15, -0.1) is 0 Å². The molecule has 1 aromatic heterocycles. The summed E-state index contributed by atoms with van der Waals surface area (Å²) in [6.45, 7) is 2.01. The lowest BCUT2D eigenvalue weighted by molar-refractivity contribution is -0.387. The van der Waals surface area contributed by atoms with E-state index in [2.05, 4.69) is 14.5 Å². The summed E-state index contributed by atoms with van der Waals surface area (Å²) in [4.78, 5) is 28.4. The van der Waals surface area contributed by atoms with E-state index >= 15 is 0 Å². The fraction of sp³-hybridized carbons (Fsp3) is 0.474. The van der Waals surface area contributed by atoms with E-state index in [0.29, 0.717) is 18.8 Å². The van der Waals surface area contributed by atoms with Gasteiger partial charge in [-0.1, -0.05) is 18.2 Å². The molecule has 2 aromatic rings. The van der Waals surface area contributed by atoms with Gasteiger partial charge in [-0.2, -0.15) is 8.42 Å². The fourth-order valence-corrected chi connectivity index (χ4v) is 4.05. The molecule has 162 valence electrons. The van der Waals surface area contributed by atoms with Crippen LogP contribution in [-0.4, -0.2) is 42.3 Å². The number of hydrogen-bond acceptors (Lipinski definition) is 8. The van der Waals surface area contributed by atoms with Gasteiger partial charge in [0.15, 0.2) is 0 Å². The maximum Gasteiger partial charge on any atom is 0.355 e. The van der Waals surface area contributed by atoms with Crippen LogP contribution in [0.15, 0.2) is 29.1 Å². The molecule has 0 bridgehead atoms. The number of benzene rings is 1. The van der Waals surface area contributed by atoms with E-state index in [9.17, 15) is 23.3 Å². The number of hydrogen-bond donors (Lipinski definition) is 1. The number of para-hydroxylation sites is 1. The maximum absolute atomic E-state index is 12.9. The predicted octanol–water partition coefficient (Wildman–Crippen LogP) is 1.97. The molecular weight excluding hydrogens is 412 g/mol. The minimum Gasteiger partial charge on any atom is -0.384 e. The summed E-state index contributed by atoms with van der Waals surface area (Å²) in [5.41, 5.74) is 1.04. The first-order valence-corrected chi connectivity index (χ1v) is 11.4. The van der Waals surface area contributed by atoms with Crippen molar-refractivity contribution in [2.45, 2.75) is 38.6 Å². The highest BCUT2D eigenvalue weighted by Crippen LogP contribution is 2.31. The molecule has 3 rings (SSSR count). The standard InChI is InChI=1S/C19H24N4O6S/c1-13-21-17(15-9-8-14-6-3-4-7-16(14)20-12-15)18(23(25)26)19(24)22(13)10-5-11-29-30(2,27)28/h3-4,6-7,15,20H,5,8-12H2,1-2H3. The van der Waals surface area contributed by atoms with E-state index in [4.69, 9.17) is 0 Å². The Balaban J connectivity index is 1.87. The number of nitro groups is 1. The van der Waals surface area contributed by atoms with E-state index < -0.39 is 26.3 Å². The zero-order valence-corrected chi connectivity index (χ0v) is 17.6. The van der Waals surface area contributed by atoms with E-state index in [1.165, 1.54) is 4.57 Å². The van der Waals surface area contributed by atoms with Crippen LogP contribution < -0.4 is 10.9 Å². The first-order chi connectivity index (χ1) is 14.2. The summed E-state index contributed by atoms with van der Waals surface area (Å²) in [6, 6.07) is 7.84. The molecule has 0 amide bonds. The monoisotopic (exact) mass is 436 g/mol. The SMILES string of the molecule is Cc1nc(C2CCc3ccccc3NC2)c([N+](=O)[O-])c(=O)n1CCCOS(C)(=O)=O. The highest BCUT2D eigenvalue weighted by molar-refractivity contribution is 7.85. The number of rotatable bonds is 7. The molecule has 10 nitrogen and oxygen atoms in total. The summed E-state index contributed by atoms with van der Waals surface area (Å²) < 4.78 is 28.0. The van der Waals surface area contributed by atoms with Crippen LogP contribution in [0.2, 0.25) is 0 Å². The zero-order valence-electron chi connectivity index (χ0n) is 16.8. The molecule has 0 aliphatic carbocycles. The molecule has 11 heteroatoms. The van der Waals surface area contributed by atoms with Crippen molar-refractivity contribution in [1.82, 2.24) is 9.55 Å². The maximum atomic E-state index is 12.9. The van der Waals surface area contributed by atoms with Gasteiger partial charge in [0.2, 0.25) is 0 Å². The minimum absolute atomic E-state index is 0.0721. The van der Waals surface area contributed by atoms with Gasteiger partial charge >= 0.3 is 11.2 Å². The number of nitrogens with zero attached hydrogens (tertiary/aromatic N) is 3. The van der Waals surface area contributed by atoms with E-state index in [1.54, 1.807) is 6.92 Å². The van der Waals surface area contributed by atoms with Crippen molar-refractivity contribution in [2.24, 2.45) is 0 Å². The lowest BCUT2D eigenvalue weighted by Gasteiger charge is -2.17. The zero-order chi connectivity index (χ0) is 21.9. The van der Waals surface area contributed by atoms with Crippen molar-refractivity contribution in [3.63, 3.8) is 0 Å². The summed E-state index contributed by atoms with van der Waals surface area (Å²) >= 11 is 0. The molecule has 0 spiro atoms. The molecule has 0 radical (unpaired) electrons. The molecule has 1 atom stereocenters. The van der Waals surface area contributed by atoms with Crippen molar-refractivity contribution in [3.05, 3.63) is 61.8 Å². The minimum atomic E-state index is -3.59. The van der Waals surface area contributed by atoms with Crippen molar-refractivity contribution in [2.75, 3.05) is 24.7 Å². The molecule has 0 saturated carbocycles. The second kappa shape index (κ2) is 8.92. The summed E-state index contributed by atoms with van der Waals surface area (Å²) in [6.07, 6.45) is 2.48. The average Bonchev–Trinajstić information content (AvgIpc) is 2.88. The molecule has 0 fully saturated rings. The number of aromatic nitrogens is 2. The Morgan fingerprint density at radius 1 is 1.37 bits per heavy atom. The van der Waals surface area contributed by atoms with Crippen LogP contribution in [0.3, 0.4) is 0 Å². The number of fused-ring (bicyclic) bond motifs is 1. The van der Waals surface area contributed by atoms with Gasteiger partial charge < -0.3 is 5.32 Å². The third kappa shape index (κ3) is 5.03. The summed E-state index contributed by atoms with van der Waals surface area (Å²) in [5.74, 6) is 0.0640. The van der Waals surface area contributed by atoms with Crippen LogP contribution in [0.4, 0.5) is 11.4 Å². The van der Waals surface area contributed by atoms with Gasteiger partial charge in [0.25, 0.3) is 10.1 Å². The van der Waals surface area contributed by atoms with Crippen molar-refractivity contribution in [3.8, 4) is 0 Å². The Kier molecular flexibility index (Phi) is 6.52. The Hall–Kier alpha value is -2.79. The van der Waals surface area contributed by atoms with Crippen LogP contribution in [0.25, 0.3) is 0 Å². The fourth-order valence-electron chi connectivity index (χ4n) is 3.63. The Morgan fingerprint density at radius 2 is 2.10 bits per heavy atom. The van der Waals surface area contributed by atoms with Crippen molar-refractivity contribution in [1.29, 1.82) is 0 Å². The Bertz CT molecular complexity index is 1090. The van der Waals surface area contributed by atoms with Crippen LogP contribution in [0, 0.1) is 17.0 Å². The van der Waals surface area contributed by atoms with Gasteiger partial charge in [-0.05, 0) is 37.8 Å². The average molecular weight is 436 g/mol. The highest BCUT2D eigenvalue weighted by Gasteiger charge is 2.31. The van der Waals surface area contributed by atoms with E-state index in [1.807, 2.05) is 24.3 Å². The topological polar surface area (TPSA) is 133 Å². The third-order valence-corrected chi connectivity index (χ3v) is 5.67. The number of aryl methyl sites for hydroxylation is 2. The van der Waals surface area contributed by atoms with Gasteiger partial charge in [0, 0.05) is 24.7 Å². The highest BCUT2D eigenvalue weighted by atomic mass is 32.2. The van der Waals surface area contributed by atoms with Gasteiger partial charge in [-0.3, -0.25) is 23.7 Å². The first kappa shape index (κ1) is 21.9. The van der Waals surface area contributed by atoms with Crippen molar-refractivity contribution >= 4 is 21.5 Å². The number of anilines is 1. The Morgan fingerprint density at radius 3 is 2.80 bits per heavy atom. The molecule has 0 saturated heterocycles. The van der Waals surface area contributed by atoms with Gasteiger partial charge in [0.1, 0.15) is 11.5 Å². The molecule has 2 heterocycles. The Labute approximate surface area is 174 Å². The quantitative estimate of drug-likeness (QED) is 0.301. The lowest BCUT2D eigenvalue weighted by atomic mass is 9.96. The van der Waals surface area contributed by atoms with Crippen LogP contribution in [-0.2, 0) is 27.3 Å². The molecule has 1 aromatic carbocycles. The summed E-state index contributed by atoms with van der Waals surface area (Å²) in [7, 11) is -3.59. The molecular formula is C19H24N4O6S. The second-order valence-corrected chi connectivity index (χ2v) is 8.90. The first-order valence-electron chi connectivity index (χ1n) is 9.59. The molecule has 1 N–H and O–H groups in total. The largest absolute Gasteiger partial charge is 0.384 e. The van der Waals surface area contributed by atoms with Crippen LogP contribution in [0.1, 0.15) is 35.8 Å². The second-order valence-electron chi connectivity index (χ2n) is 7.26. The van der Waals surface area contributed by atoms with Crippen molar-refractivity contribution < 1.29 is 17.5 Å². The van der Waals surface area contributed by atoms with Crippen LogP contribution >= 0.6 is 0 Å². The lowest BCUT2D eigenvalue weighted by Crippen LogP contribution is -2.30. The summed E-state index contributed by atoms with van der Waals surface area (Å²) in [5, 5.41) is 15.0. The molecule has 1 aliphatic heterocycles. The van der Waals surface area contributed by atoms with Gasteiger partial charge in [0.05, 0.1) is 17.8 Å². The molecule has 30 heavy (non-hydrogen) atoms.